The minimum atomic E-state index is -0.972. The van der Waals surface area contributed by atoms with E-state index in [1.54, 1.807) is 0 Å². The van der Waals surface area contributed by atoms with Crippen molar-refractivity contribution < 1.29 is 9.59 Å². The van der Waals surface area contributed by atoms with Crippen molar-refractivity contribution in [3.8, 4) is 0 Å². The van der Waals surface area contributed by atoms with Crippen LogP contribution in [-0.2, 0) is 10.3 Å². The summed E-state index contributed by atoms with van der Waals surface area (Å²) in [6.45, 7) is 8.37. The normalized spacial score (nSPS) is 22.6. The molecule has 1 aromatic carbocycles. The Balaban J connectivity index is 2.33. The van der Waals surface area contributed by atoms with Crippen LogP contribution in [0, 0.1) is 0 Å². The van der Waals surface area contributed by atoms with Gasteiger partial charge in [0, 0.05) is 12.6 Å². The Kier molecular flexibility index (Phi) is 5.09. The molecule has 3 amide bonds. The van der Waals surface area contributed by atoms with Gasteiger partial charge in [0.15, 0.2) is 0 Å². The lowest BCUT2D eigenvalue weighted by molar-refractivity contribution is -0.132. The molecule has 5 nitrogen and oxygen atoms in total. The first-order chi connectivity index (χ1) is 10.9. The van der Waals surface area contributed by atoms with E-state index in [1.165, 1.54) is 10.5 Å². The predicted molar refractivity (Wildman–Crippen MR) is 91.0 cm³/mol. The van der Waals surface area contributed by atoms with Crippen LogP contribution >= 0.6 is 0 Å². The molecule has 0 aromatic heterocycles. The topological polar surface area (TPSA) is 75.4 Å². The summed E-state index contributed by atoms with van der Waals surface area (Å²) in [5.74, 6) is 0.223. The molecule has 0 saturated carbocycles. The number of nitrogens with one attached hydrogen (secondary N) is 1. The minimum Gasteiger partial charge on any atom is -0.326 e. The number of nitrogens with zero attached hydrogens (tertiary/aromatic N) is 1. The molecule has 0 radical (unpaired) electrons. The Morgan fingerprint density at radius 3 is 2.26 bits per heavy atom. The number of urea groups is 1. The predicted octanol–water partition coefficient (Wildman–Crippen LogP) is 2.70. The third-order valence-electron chi connectivity index (χ3n) is 4.72. The van der Waals surface area contributed by atoms with Gasteiger partial charge >= 0.3 is 6.03 Å². The van der Waals surface area contributed by atoms with Crippen LogP contribution in [0.3, 0.4) is 0 Å². The first kappa shape index (κ1) is 17.5. The van der Waals surface area contributed by atoms with Gasteiger partial charge in [0.25, 0.3) is 5.91 Å². The molecule has 0 aliphatic carbocycles. The summed E-state index contributed by atoms with van der Waals surface area (Å²) in [4.78, 5) is 26.5. The van der Waals surface area contributed by atoms with Gasteiger partial charge in [0.05, 0.1) is 0 Å². The van der Waals surface area contributed by atoms with Gasteiger partial charge in [-0.25, -0.2) is 4.79 Å². The number of carbonyl (C=O) groups excluding carboxylic acids is 2. The Morgan fingerprint density at radius 1 is 1.17 bits per heavy atom. The average Bonchev–Trinajstić information content (AvgIpc) is 2.79. The molecule has 2 unspecified atom stereocenters. The van der Waals surface area contributed by atoms with Crippen molar-refractivity contribution in [2.75, 3.05) is 6.54 Å². The molecular formula is C18H27N3O2. The summed E-state index contributed by atoms with van der Waals surface area (Å²) in [5.41, 5.74) is 6.99. The van der Waals surface area contributed by atoms with Crippen molar-refractivity contribution >= 4 is 11.9 Å². The maximum atomic E-state index is 12.9. The fraction of sp³-hybridized carbons (Fsp3) is 0.556. The van der Waals surface area contributed by atoms with E-state index < -0.39 is 5.54 Å². The third kappa shape index (κ3) is 3.11. The van der Waals surface area contributed by atoms with Crippen molar-refractivity contribution in [1.29, 1.82) is 0 Å². The highest BCUT2D eigenvalue weighted by Crippen LogP contribution is 2.33. The smallest absolute Gasteiger partial charge is 0.325 e. The van der Waals surface area contributed by atoms with Gasteiger partial charge in [-0.05, 0) is 29.9 Å². The second-order valence-corrected chi connectivity index (χ2v) is 6.55. The Morgan fingerprint density at radius 2 is 1.78 bits per heavy atom. The summed E-state index contributed by atoms with van der Waals surface area (Å²) < 4.78 is 0. The van der Waals surface area contributed by atoms with Gasteiger partial charge in [0.2, 0.25) is 0 Å². The Bertz CT molecular complexity index is 582. The number of nitrogens with two attached hydrogens (primary N) is 1. The van der Waals surface area contributed by atoms with E-state index in [2.05, 4.69) is 19.2 Å². The zero-order chi connectivity index (χ0) is 17.2. The Hall–Kier alpha value is -1.88. The van der Waals surface area contributed by atoms with Gasteiger partial charge in [-0.1, -0.05) is 52.0 Å². The van der Waals surface area contributed by atoms with E-state index in [9.17, 15) is 9.59 Å². The highest BCUT2D eigenvalue weighted by Gasteiger charge is 2.51. The second kappa shape index (κ2) is 6.71. The molecule has 126 valence electrons. The van der Waals surface area contributed by atoms with Crippen LogP contribution in [0.1, 0.15) is 57.6 Å². The standard InChI is InChI=1S/C18H27N3O2/c1-5-15(19)11-21-16(22)18(6-2,20-17(21)23)14-9-7-13(8-10-14)12(3)4/h7-10,12,15H,5-6,11,19H2,1-4H3,(H,20,23). The number of amides is 3. The van der Waals surface area contributed by atoms with E-state index in [-0.39, 0.29) is 24.5 Å². The van der Waals surface area contributed by atoms with Gasteiger partial charge in [0.1, 0.15) is 5.54 Å². The quantitative estimate of drug-likeness (QED) is 0.792. The first-order valence-electron chi connectivity index (χ1n) is 8.35. The lowest BCUT2D eigenvalue weighted by atomic mass is 9.86. The van der Waals surface area contributed by atoms with Crippen LogP contribution in [0.5, 0.6) is 0 Å². The SMILES string of the molecule is CCC(N)CN1C(=O)NC(CC)(c2ccc(C(C)C)cc2)C1=O. The molecule has 3 N–H and O–H groups in total. The first-order valence-corrected chi connectivity index (χ1v) is 8.35. The molecule has 2 atom stereocenters. The fourth-order valence-corrected chi connectivity index (χ4v) is 2.95. The van der Waals surface area contributed by atoms with E-state index in [4.69, 9.17) is 5.73 Å². The molecule has 1 aliphatic heterocycles. The van der Waals surface area contributed by atoms with E-state index in [1.807, 2.05) is 38.1 Å². The maximum absolute atomic E-state index is 12.9. The summed E-state index contributed by atoms with van der Waals surface area (Å²) in [6, 6.07) is 7.39. The average molecular weight is 317 g/mol. The van der Waals surface area contributed by atoms with Gasteiger partial charge in [-0.3, -0.25) is 9.69 Å². The molecular weight excluding hydrogens is 290 g/mol. The Labute approximate surface area is 138 Å². The highest BCUT2D eigenvalue weighted by molar-refractivity contribution is 6.07. The van der Waals surface area contributed by atoms with Crippen molar-refractivity contribution in [1.82, 2.24) is 10.2 Å². The number of imide groups is 1. The van der Waals surface area contributed by atoms with Gasteiger partial charge in [-0.15, -0.1) is 0 Å². The summed E-state index contributed by atoms with van der Waals surface area (Å²) >= 11 is 0. The van der Waals surface area contributed by atoms with Crippen molar-refractivity contribution in [2.24, 2.45) is 5.73 Å². The van der Waals surface area contributed by atoms with Crippen LogP contribution in [0.4, 0.5) is 4.79 Å². The van der Waals surface area contributed by atoms with Crippen LogP contribution in [0.15, 0.2) is 24.3 Å². The minimum absolute atomic E-state index is 0.194. The number of benzene rings is 1. The van der Waals surface area contributed by atoms with E-state index in [0.29, 0.717) is 12.3 Å². The monoisotopic (exact) mass is 317 g/mol. The summed E-state index contributed by atoms with van der Waals surface area (Å²) in [5, 5.41) is 2.89. The second-order valence-electron chi connectivity index (χ2n) is 6.55. The molecule has 0 spiro atoms. The van der Waals surface area contributed by atoms with Crippen LogP contribution in [-0.4, -0.2) is 29.4 Å². The van der Waals surface area contributed by atoms with Crippen LogP contribution in [0.2, 0.25) is 0 Å². The molecule has 23 heavy (non-hydrogen) atoms. The highest BCUT2D eigenvalue weighted by atomic mass is 16.2. The molecule has 1 heterocycles. The largest absolute Gasteiger partial charge is 0.326 e. The maximum Gasteiger partial charge on any atom is 0.325 e. The van der Waals surface area contributed by atoms with Crippen molar-refractivity contribution in [3.05, 3.63) is 35.4 Å². The van der Waals surface area contributed by atoms with Crippen molar-refractivity contribution in [2.45, 2.75) is 58.0 Å². The number of hydrogen-bond acceptors (Lipinski definition) is 3. The fourth-order valence-electron chi connectivity index (χ4n) is 2.95. The lowest BCUT2D eigenvalue weighted by Gasteiger charge is -2.26. The number of hydrogen-bond donors (Lipinski definition) is 2. The van der Waals surface area contributed by atoms with Gasteiger partial charge < -0.3 is 11.1 Å². The zero-order valence-electron chi connectivity index (χ0n) is 14.4. The van der Waals surface area contributed by atoms with Crippen LogP contribution < -0.4 is 11.1 Å². The van der Waals surface area contributed by atoms with E-state index >= 15 is 0 Å². The molecule has 5 heteroatoms. The molecule has 1 aliphatic rings. The summed E-state index contributed by atoms with van der Waals surface area (Å²) in [6.07, 6.45) is 1.23. The summed E-state index contributed by atoms with van der Waals surface area (Å²) in [7, 11) is 0. The lowest BCUT2D eigenvalue weighted by Crippen LogP contribution is -2.45. The van der Waals surface area contributed by atoms with Crippen molar-refractivity contribution in [3.63, 3.8) is 0 Å². The molecule has 1 saturated heterocycles. The third-order valence-corrected chi connectivity index (χ3v) is 4.72. The molecule has 1 aromatic rings. The number of rotatable bonds is 6. The molecule has 2 rings (SSSR count). The van der Waals surface area contributed by atoms with E-state index in [0.717, 1.165) is 12.0 Å². The zero-order valence-corrected chi connectivity index (χ0v) is 14.4. The number of carbonyl (C=O) groups is 2. The van der Waals surface area contributed by atoms with Crippen LogP contribution in [0.25, 0.3) is 0 Å². The molecule has 0 bridgehead atoms. The molecule has 1 fully saturated rings. The van der Waals surface area contributed by atoms with Gasteiger partial charge in [-0.2, -0.15) is 0 Å².